The first-order valence-corrected chi connectivity index (χ1v) is 6.84. The van der Waals surface area contributed by atoms with E-state index in [1.807, 2.05) is 0 Å². The fourth-order valence-electron chi connectivity index (χ4n) is 2.63. The zero-order chi connectivity index (χ0) is 16.8. The van der Waals surface area contributed by atoms with Gasteiger partial charge in [0.05, 0.1) is 12.3 Å². The molecular weight excluding hydrogens is 315 g/mol. The molecule has 1 saturated heterocycles. The maximum absolute atomic E-state index is 12.8. The van der Waals surface area contributed by atoms with Gasteiger partial charge in [-0.3, -0.25) is 9.59 Å². The molecule has 1 N–H and O–H groups in total. The fraction of sp³-hybridized carbons (Fsp3) is 0.429. The SMILES string of the molecule is O=C(O)Cc1cccc(C(=O)N2CC(C3(C(F)(F)F)N=N3)C2)c1. The Hall–Kier alpha value is -2.45. The van der Waals surface area contributed by atoms with Crippen LogP contribution in [-0.4, -0.2) is 46.8 Å². The third-order valence-corrected chi connectivity index (χ3v) is 4.00. The predicted molar refractivity (Wildman–Crippen MR) is 70.8 cm³/mol. The summed E-state index contributed by atoms with van der Waals surface area (Å²) >= 11 is 0. The average molecular weight is 327 g/mol. The average Bonchev–Trinajstić information content (AvgIpc) is 3.17. The Morgan fingerprint density at radius 2 is 1.96 bits per heavy atom. The lowest BCUT2D eigenvalue weighted by molar-refractivity contribution is -0.186. The number of halogens is 3. The van der Waals surface area contributed by atoms with Gasteiger partial charge in [0.15, 0.2) is 0 Å². The standard InChI is InChI=1S/C14H12F3N3O3/c15-14(16,17)13(18-19-13)10-6-20(7-10)12(23)9-3-1-2-8(4-9)5-11(21)22/h1-4,10H,5-7H2,(H,21,22). The fourth-order valence-corrected chi connectivity index (χ4v) is 2.63. The number of rotatable bonds is 4. The lowest BCUT2D eigenvalue weighted by atomic mass is 9.87. The summed E-state index contributed by atoms with van der Waals surface area (Å²) in [5.74, 6) is -2.30. The van der Waals surface area contributed by atoms with E-state index in [0.29, 0.717) is 5.56 Å². The molecule has 0 spiro atoms. The molecule has 1 fully saturated rings. The van der Waals surface area contributed by atoms with E-state index in [-0.39, 0.29) is 25.1 Å². The topological polar surface area (TPSA) is 82.3 Å². The minimum Gasteiger partial charge on any atom is -0.481 e. The molecule has 0 aliphatic carbocycles. The second-order valence-electron chi connectivity index (χ2n) is 5.60. The summed E-state index contributed by atoms with van der Waals surface area (Å²) in [6.45, 7) is -0.150. The molecule has 6 nitrogen and oxygen atoms in total. The molecule has 9 heteroatoms. The quantitative estimate of drug-likeness (QED) is 0.919. The second kappa shape index (κ2) is 5.04. The number of alkyl halides is 3. The van der Waals surface area contributed by atoms with Crippen LogP contribution in [0.5, 0.6) is 0 Å². The van der Waals surface area contributed by atoms with Crippen LogP contribution in [-0.2, 0) is 11.2 Å². The predicted octanol–water partition coefficient (Wildman–Crippen LogP) is 2.11. The Morgan fingerprint density at radius 1 is 1.30 bits per heavy atom. The van der Waals surface area contributed by atoms with Crippen LogP contribution in [0.25, 0.3) is 0 Å². The third-order valence-electron chi connectivity index (χ3n) is 4.00. The number of benzene rings is 1. The van der Waals surface area contributed by atoms with Crippen LogP contribution < -0.4 is 0 Å². The number of carbonyl (C=O) groups is 2. The van der Waals surface area contributed by atoms with Crippen molar-refractivity contribution in [3.63, 3.8) is 0 Å². The minimum atomic E-state index is -4.53. The molecule has 0 bridgehead atoms. The summed E-state index contributed by atoms with van der Waals surface area (Å²) in [6, 6.07) is 6.07. The molecule has 0 atom stereocenters. The van der Waals surface area contributed by atoms with Crippen LogP contribution in [0.4, 0.5) is 13.2 Å². The van der Waals surface area contributed by atoms with Gasteiger partial charge in [-0.05, 0) is 17.7 Å². The van der Waals surface area contributed by atoms with Gasteiger partial charge in [0.25, 0.3) is 11.6 Å². The van der Waals surface area contributed by atoms with Crippen molar-refractivity contribution in [3.05, 3.63) is 35.4 Å². The number of nitrogens with zero attached hydrogens (tertiary/aromatic N) is 3. The number of carboxylic acids is 1. The Bertz CT molecular complexity index is 690. The molecule has 2 aliphatic heterocycles. The van der Waals surface area contributed by atoms with E-state index >= 15 is 0 Å². The van der Waals surface area contributed by atoms with E-state index in [1.54, 1.807) is 12.1 Å². The zero-order valence-corrected chi connectivity index (χ0v) is 11.7. The number of aliphatic carboxylic acids is 1. The molecule has 0 unspecified atom stereocenters. The van der Waals surface area contributed by atoms with Gasteiger partial charge in [0.1, 0.15) is 0 Å². The molecule has 2 aliphatic rings. The maximum atomic E-state index is 12.8. The Morgan fingerprint density at radius 3 is 2.48 bits per heavy atom. The minimum absolute atomic E-state index is 0.0749. The second-order valence-corrected chi connectivity index (χ2v) is 5.60. The summed E-state index contributed by atoms with van der Waals surface area (Å²) in [5.41, 5.74) is -1.62. The van der Waals surface area contributed by atoms with Crippen molar-refractivity contribution in [1.82, 2.24) is 4.90 Å². The molecule has 0 saturated carbocycles. The monoisotopic (exact) mass is 327 g/mol. The first kappa shape index (κ1) is 15.4. The van der Waals surface area contributed by atoms with E-state index in [9.17, 15) is 22.8 Å². The first-order valence-electron chi connectivity index (χ1n) is 6.84. The van der Waals surface area contributed by atoms with Crippen molar-refractivity contribution in [2.45, 2.75) is 18.3 Å². The normalized spacial score (nSPS) is 19.3. The lowest BCUT2D eigenvalue weighted by Crippen LogP contribution is -2.59. The molecule has 1 aromatic carbocycles. The van der Waals surface area contributed by atoms with Crippen LogP contribution in [0.15, 0.2) is 34.5 Å². The van der Waals surface area contributed by atoms with E-state index in [4.69, 9.17) is 5.11 Å². The molecule has 0 radical (unpaired) electrons. The van der Waals surface area contributed by atoms with Crippen molar-refractivity contribution in [1.29, 1.82) is 0 Å². The van der Waals surface area contributed by atoms with Crippen LogP contribution in [0.2, 0.25) is 0 Å². The highest BCUT2D eigenvalue weighted by Gasteiger charge is 2.70. The van der Waals surface area contributed by atoms with Crippen molar-refractivity contribution >= 4 is 11.9 Å². The van der Waals surface area contributed by atoms with Gasteiger partial charge in [-0.1, -0.05) is 12.1 Å². The Kier molecular flexibility index (Phi) is 3.38. The van der Waals surface area contributed by atoms with E-state index < -0.39 is 29.6 Å². The summed E-state index contributed by atoms with van der Waals surface area (Å²) in [4.78, 5) is 24.2. The summed E-state index contributed by atoms with van der Waals surface area (Å²) in [5, 5.41) is 15.0. The molecule has 3 rings (SSSR count). The smallest absolute Gasteiger partial charge is 0.438 e. The Labute approximate surface area is 128 Å². The van der Waals surface area contributed by atoms with Gasteiger partial charge >= 0.3 is 12.1 Å². The van der Waals surface area contributed by atoms with E-state index in [2.05, 4.69) is 10.2 Å². The number of carbonyl (C=O) groups excluding carboxylic acids is 1. The van der Waals surface area contributed by atoms with Gasteiger partial charge in [-0.2, -0.15) is 13.2 Å². The van der Waals surface area contributed by atoms with Crippen LogP contribution in [0.1, 0.15) is 15.9 Å². The van der Waals surface area contributed by atoms with Crippen molar-refractivity contribution in [3.8, 4) is 0 Å². The van der Waals surface area contributed by atoms with Crippen LogP contribution in [0.3, 0.4) is 0 Å². The zero-order valence-electron chi connectivity index (χ0n) is 11.7. The lowest BCUT2D eigenvalue weighted by Gasteiger charge is -2.41. The first-order chi connectivity index (χ1) is 10.7. The summed E-state index contributed by atoms with van der Waals surface area (Å²) in [7, 11) is 0. The number of carboxylic acid groups (broad SMARTS) is 1. The number of hydrogen-bond donors (Lipinski definition) is 1. The van der Waals surface area contributed by atoms with Gasteiger partial charge in [-0.25, -0.2) is 0 Å². The Balaban J connectivity index is 1.64. The molecule has 2 heterocycles. The van der Waals surface area contributed by atoms with Crippen LogP contribution in [0, 0.1) is 5.92 Å². The van der Waals surface area contributed by atoms with Crippen molar-refractivity contribution in [2.75, 3.05) is 13.1 Å². The van der Waals surface area contributed by atoms with Crippen LogP contribution >= 0.6 is 0 Å². The van der Waals surface area contributed by atoms with Crippen molar-refractivity contribution < 1.29 is 27.9 Å². The molecule has 1 aromatic rings. The van der Waals surface area contributed by atoms with E-state index in [1.165, 1.54) is 17.0 Å². The van der Waals surface area contributed by atoms with Gasteiger partial charge in [0, 0.05) is 18.7 Å². The van der Waals surface area contributed by atoms with Gasteiger partial charge < -0.3 is 10.0 Å². The highest BCUT2D eigenvalue weighted by Crippen LogP contribution is 2.52. The number of amides is 1. The highest BCUT2D eigenvalue weighted by molar-refractivity contribution is 5.95. The van der Waals surface area contributed by atoms with Gasteiger partial charge in [-0.15, -0.1) is 10.2 Å². The molecule has 23 heavy (non-hydrogen) atoms. The molecular formula is C14H12F3N3O3. The maximum Gasteiger partial charge on any atom is 0.438 e. The number of hydrogen-bond acceptors (Lipinski definition) is 4. The number of likely N-dealkylation sites (tertiary alicyclic amines) is 1. The van der Waals surface area contributed by atoms with Gasteiger partial charge in [0.2, 0.25) is 0 Å². The highest BCUT2D eigenvalue weighted by atomic mass is 19.4. The molecule has 122 valence electrons. The third kappa shape index (κ3) is 2.66. The summed E-state index contributed by atoms with van der Waals surface area (Å²) < 4.78 is 38.5. The molecule has 1 amide bonds. The van der Waals surface area contributed by atoms with Crippen molar-refractivity contribution in [2.24, 2.45) is 16.1 Å². The largest absolute Gasteiger partial charge is 0.481 e. The summed E-state index contributed by atoms with van der Waals surface area (Å²) in [6.07, 6.45) is -4.76. The van der Waals surface area contributed by atoms with E-state index in [0.717, 1.165) is 0 Å². The molecule has 0 aromatic heterocycles.